The molecular weight excluding hydrogens is 278 g/mol. The Labute approximate surface area is 121 Å². The molecule has 0 spiro atoms. The Kier molecular flexibility index (Phi) is 5.32. The molecule has 1 aromatic rings. The first-order chi connectivity index (χ1) is 9.24. The molecule has 0 aliphatic heterocycles. The Morgan fingerprint density at radius 3 is 3.16 bits per heavy atom. The van der Waals surface area contributed by atoms with E-state index in [1.54, 1.807) is 6.07 Å². The zero-order valence-electron chi connectivity index (χ0n) is 10.8. The van der Waals surface area contributed by atoms with Gasteiger partial charge < -0.3 is 10.4 Å². The second-order valence-electron chi connectivity index (χ2n) is 4.41. The Bertz CT molecular complexity index is 501. The molecule has 1 amide bonds. The lowest BCUT2D eigenvalue weighted by Crippen LogP contribution is -2.38. The summed E-state index contributed by atoms with van der Waals surface area (Å²) in [6, 6.07) is 3.91. The van der Waals surface area contributed by atoms with Crippen molar-refractivity contribution in [2.45, 2.75) is 30.6 Å². The highest BCUT2D eigenvalue weighted by Gasteiger charge is 2.28. The van der Waals surface area contributed by atoms with E-state index in [9.17, 15) is 4.79 Å². The van der Waals surface area contributed by atoms with E-state index in [4.69, 9.17) is 5.11 Å². The van der Waals surface area contributed by atoms with Gasteiger partial charge in [0.15, 0.2) is 0 Å². The summed E-state index contributed by atoms with van der Waals surface area (Å²) >= 11 is 3.20. The molecule has 5 heteroatoms. The number of thioether (sulfide) groups is 1. The van der Waals surface area contributed by atoms with Gasteiger partial charge in [-0.1, -0.05) is 18.3 Å². The number of carbonyl (C=O) groups excluding carboxylic acids is 1. The van der Waals surface area contributed by atoms with Crippen molar-refractivity contribution in [2.24, 2.45) is 0 Å². The molecule has 3 nitrogen and oxygen atoms in total. The van der Waals surface area contributed by atoms with Gasteiger partial charge >= 0.3 is 0 Å². The van der Waals surface area contributed by atoms with E-state index in [0.717, 1.165) is 11.3 Å². The van der Waals surface area contributed by atoms with Crippen LogP contribution in [0.1, 0.15) is 33.8 Å². The van der Waals surface area contributed by atoms with E-state index in [1.807, 2.05) is 17.8 Å². The Morgan fingerprint density at radius 1 is 1.58 bits per heavy atom. The van der Waals surface area contributed by atoms with E-state index in [2.05, 4.69) is 23.4 Å². The molecule has 102 valence electrons. The quantitative estimate of drug-likeness (QED) is 0.840. The first kappa shape index (κ1) is 14.4. The predicted octanol–water partition coefficient (Wildman–Crippen LogP) is 2.11. The highest BCUT2D eigenvalue weighted by molar-refractivity contribution is 7.99. The number of carbonyl (C=O) groups is 1. The summed E-state index contributed by atoms with van der Waals surface area (Å²) in [5.41, 5.74) is 0. The van der Waals surface area contributed by atoms with Crippen LogP contribution in [0, 0.1) is 11.8 Å². The third kappa shape index (κ3) is 3.75. The zero-order chi connectivity index (χ0) is 13.7. The van der Waals surface area contributed by atoms with Gasteiger partial charge in [-0.3, -0.25) is 4.79 Å². The molecule has 0 saturated heterocycles. The number of thiophene rings is 1. The summed E-state index contributed by atoms with van der Waals surface area (Å²) in [5.74, 6) is 5.40. The normalized spacial score (nSPS) is 21.8. The Morgan fingerprint density at radius 2 is 2.42 bits per heavy atom. The summed E-state index contributed by atoms with van der Waals surface area (Å²) in [5, 5.41) is 12.3. The molecule has 1 aromatic heterocycles. The molecule has 0 aromatic carbocycles. The van der Waals surface area contributed by atoms with Gasteiger partial charge in [0, 0.05) is 11.3 Å². The lowest BCUT2D eigenvalue weighted by atomic mass is 10.2. The maximum Gasteiger partial charge on any atom is 0.261 e. The highest BCUT2D eigenvalue weighted by atomic mass is 32.2. The minimum atomic E-state index is -0.156. The van der Waals surface area contributed by atoms with Crippen molar-refractivity contribution in [2.75, 3.05) is 12.9 Å². The Balaban J connectivity index is 1.98. The highest BCUT2D eigenvalue weighted by Crippen LogP contribution is 2.28. The van der Waals surface area contributed by atoms with Gasteiger partial charge in [0.25, 0.3) is 5.91 Å². The molecule has 2 unspecified atom stereocenters. The smallest absolute Gasteiger partial charge is 0.261 e. The van der Waals surface area contributed by atoms with E-state index < -0.39 is 0 Å². The summed E-state index contributed by atoms with van der Waals surface area (Å²) in [6.07, 6.45) is 5.54. The molecule has 2 rings (SSSR count). The van der Waals surface area contributed by atoms with Crippen LogP contribution < -0.4 is 5.32 Å². The second-order valence-corrected chi connectivity index (χ2v) is 6.57. The van der Waals surface area contributed by atoms with Gasteiger partial charge in [-0.05, 0) is 31.2 Å². The third-order valence-corrected chi connectivity index (χ3v) is 5.36. The Hall–Kier alpha value is -0.960. The van der Waals surface area contributed by atoms with Crippen LogP contribution in [0.5, 0.6) is 0 Å². The minimum Gasteiger partial charge on any atom is -0.384 e. The maximum atomic E-state index is 12.1. The fourth-order valence-corrected chi connectivity index (χ4v) is 3.99. The second kappa shape index (κ2) is 6.99. The molecular formula is C14H17NO2S2. The number of aliphatic hydroxyl groups excluding tert-OH is 1. The molecule has 1 aliphatic rings. The molecule has 1 aliphatic carbocycles. The van der Waals surface area contributed by atoms with Gasteiger partial charge in [0.05, 0.1) is 9.75 Å². The van der Waals surface area contributed by atoms with Gasteiger partial charge in [-0.2, -0.15) is 11.8 Å². The number of hydrogen-bond donors (Lipinski definition) is 2. The largest absolute Gasteiger partial charge is 0.384 e. The van der Waals surface area contributed by atoms with Crippen LogP contribution in [0.4, 0.5) is 0 Å². The minimum absolute atomic E-state index is 0.00648. The van der Waals surface area contributed by atoms with Crippen LogP contribution in [0.2, 0.25) is 0 Å². The predicted molar refractivity (Wildman–Crippen MR) is 80.7 cm³/mol. The van der Waals surface area contributed by atoms with E-state index in [0.29, 0.717) is 10.1 Å². The SMILES string of the molecule is CSC1CCCC1NC(=O)c1ccc(C#CCO)s1. The number of rotatable bonds is 3. The maximum absolute atomic E-state index is 12.1. The number of aliphatic hydroxyl groups is 1. The third-order valence-electron chi connectivity index (χ3n) is 3.19. The first-order valence-electron chi connectivity index (χ1n) is 6.28. The molecule has 0 bridgehead atoms. The molecule has 19 heavy (non-hydrogen) atoms. The van der Waals surface area contributed by atoms with E-state index in [1.165, 1.54) is 24.2 Å². The average molecular weight is 295 g/mol. The zero-order valence-corrected chi connectivity index (χ0v) is 12.4. The summed E-state index contributed by atoms with van der Waals surface area (Å²) in [6.45, 7) is -0.156. The molecule has 1 saturated carbocycles. The van der Waals surface area contributed by atoms with E-state index in [-0.39, 0.29) is 18.6 Å². The van der Waals surface area contributed by atoms with Crippen LogP contribution >= 0.6 is 23.1 Å². The van der Waals surface area contributed by atoms with Crippen molar-refractivity contribution in [1.82, 2.24) is 5.32 Å². The summed E-state index contributed by atoms with van der Waals surface area (Å²) in [4.78, 5) is 13.6. The molecule has 2 atom stereocenters. The van der Waals surface area contributed by atoms with Crippen LogP contribution in [-0.2, 0) is 0 Å². The van der Waals surface area contributed by atoms with Crippen molar-refractivity contribution in [3.8, 4) is 11.8 Å². The number of hydrogen-bond acceptors (Lipinski definition) is 4. The van der Waals surface area contributed by atoms with Crippen molar-refractivity contribution in [1.29, 1.82) is 0 Å². The van der Waals surface area contributed by atoms with Gasteiger partial charge in [0.2, 0.25) is 0 Å². The van der Waals surface area contributed by atoms with Crippen molar-refractivity contribution in [3.05, 3.63) is 21.9 Å². The van der Waals surface area contributed by atoms with E-state index >= 15 is 0 Å². The summed E-state index contributed by atoms with van der Waals surface area (Å²) in [7, 11) is 0. The van der Waals surface area contributed by atoms with Gasteiger partial charge in [-0.15, -0.1) is 11.3 Å². The van der Waals surface area contributed by atoms with Gasteiger partial charge in [0.1, 0.15) is 6.61 Å². The first-order valence-corrected chi connectivity index (χ1v) is 8.38. The molecule has 2 N–H and O–H groups in total. The summed E-state index contributed by atoms with van der Waals surface area (Å²) < 4.78 is 0. The average Bonchev–Trinajstić information content (AvgIpc) is 3.04. The van der Waals surface area contributed by atoms with Gasteiger partial charge in [-0.25, -0.2) is 0 Å². The monoisotopic (exact) mass is 295 g/mol. The lowest BCUT2D eigenvalue weighted by molar-refractivity contribution is 0.0943. The lowest BCUT2D eigenvalue weighted by Gasteiger charge is -2.18. The topological polar surface area (TPSA) is 49.3 Å². The van der Waals surface area contributed by atoms with Crippen molar-refractivity contribution >= 4 is 29.0 Å². The standard InChI is InChI=1S/C14H17NO2S2/c1-18-12-6-2-5-11(12)15-14(17)13-8-7-10(19-13)4-3-9-16/h7-8,11-12,16H,2,5-6,9H2,1H3,(H,15,17). The van der Waals surface area contributed by atoms with Crippen LogP contribution in [0.3, 0.4) is 0 Å². The number of amides is 1. The molecule has 1 fully saturated rings. The fraction of sp³-hybridized carbons (Fsp3) is 0.500. The van der Waals surface area contributed by atoms with Crippen LogP contribution in [0.25, 0.3) is 0 Å². The van der Waals surface area contributed by atoms with Crippen LogP contribution in [0.15, 0.2) is 12.1 Å². The van der Waals surface area contributed by atoms with Crippen molar-refractivity contribution in [3.63, 3.8) is 0 Å². The van der Waals surface area contributed by atoms with Crippen LogP contribution in [-0.4, -0.2) is 35.2 Å². The molecule has 0 radical (unpaired) electrons. The molecule has 1 heterocycles. The fourth-order valence-electron chi connectivity index (χ4n) is 2.27. The number of nitrogens with one attached hydrogen (secondary N) is 1. The van der Waals surface area contributed by atoms with Crippen molar-refractivity contribution < 1.29 is 9.90 Å².